The number of hydrogen-bond donors (Lipinski definition) is 1. The Balaban J connectivity index is 3.06. The Hall–Kier alpha value is -2.02. The topological polar surface area (TPSA) is 29.1 Å². The molecular weight excluding hydrogens is 443 g/mol. The zero-order valence-electron chi connectivity index (χ0n) is 18.2. The number of amides is 1. The molecule has 0 radical (unpaired) electrons. The summed E-state index contributed by atoms with van der Waals surface area (Å²) in [4.78, 5) is 12.0. The quantitative estimate of drug-likeness (QED) is 0.203. The normalized spacial score (nSPS) is 12.4. The van der Waals surface area contributed by atoms with E-state index in [1.165, 1.54) is 0 Å². The lowest BCUT2D eigenvalue weighted by atomic mass is 10.1. The maximum atomic E-state index is 13.9. The van der Waals surface area contributed by atoms with Crippen LogP contribution in [0.3, 0.4) is 0 Å². The molecule has 1 rings (SSSR count). The molecule has 1 aromatic rings. The zero-order valence-corrected chi connectivity index (χ0v) is 19.2. The Morgan fingerprint density at radius 2 is 1.29 bits per heavy atom. The van der Waals surface area contributed by atoms with Crippen molar-refractivity contribution in [3.63, 3.8) is 0 Å². The molecule has 31 heavy (non-hydrogen) atoms. The second-order valence-electron chi connectivity index (χ2n) is 8.25. The Bertz CT molecular complexity index is 832. The molecule has 0 heterocycles. The van der Waals surface area contributed by atoms with Gasteiger partial charge >= 0.3 is 6.18 Å². The molecule has 1 amide bonds. The van der Waals surface area contributed by atoms with Crippen molar-refractivity contribution >= 4 is 19.7 Å². The predicted molar refractivity (Wildman–Crippen MR) is 108 cm³/mol. The average Bonchev–Trinajstić information content (AvgIpc) is 2.61. The van der Waals surface area contributed by atoms with Gasteiger partial charge in [0, 0.05) is 12.8 Å². The van der Waals surface area contributed by atoms with Crippen molar-refractivity contribution in [2.24, 2.45) is 0 Å². The van der Waals surface area contributed by atoms with Crippen LogP contribution in [0.4, 0.5) is 36.4 Å². The third-order valence-electron chi connectivity index (χ3n) is 5.46. The fraction of sp³-hybridized carbons (Fsp3) is 0.571. The standard InChI is InChI=1S/C21H26F7NOSi/c1-11(2)31(12(3)4,13(5)6)10-8-7-9-14(30)29-20-18(24)16(22)15(21(26,27)28)17(23)19(20)25/h11-13H,7,9H2,1-6H3,(H,29,30). The zero-order chi connectivity index (χ0) is 24.3. The van der Waals surface area contributed by atoms with Crippen molar-refractivity contribution in [2.75, 3.05) is 5.32 Å². The molecule has 0 unspecified atom stereocenters. The minimum atomic E-state index is -5.65. The third kappa shape index (κ3) is 5.62. The molecule has 0 spiro atoms. The molecule has 0 aliphatic carbocycles. The van der Waals surface area contributed by atoms with E-state index in [0.717, 1.165) is 0 Å². The van der Waals surface area contributed by atoms with E-state index >= 15 is 0 Å². The van der Waals surface area contributed by atoms with E-state index in [0.29, 0.717) is 16.6 Å². The van der Waals surface area contributed by atoms with Crippen LogP contribution in [0.1, 0.15) is 59.9 Å². The Labute approximate surface area is 178 Å². The minimum absolute atomic E-state index is 0.0155. The Morgan fingerprint density at radius 3 is 1.65 bits per heavy atom. The maximum Gasteiger partial charge on any atom is 0.422 e. The first-order valence-electron chi connectivity index (χ1n) is 9.81. The van der Waals surface area contributed by atoms with Crippen molar-refractivity contribution in [3.05, 3.63) is 28.8 Å². The highest BCUT2D eigenvalue weighted by Gasteiger charge is 2.43. The van der Waals surface area contributed by atoms with Gasteiger partial charge in [0.1, 0.15) is 19.3 Å². The van der Waals surface area contributed by atoms with Gasteiger partial charge in [-0.3, -0.25) is 4.79 Å². The summed E-state index contributed by atoms with van der Waals surface area (Å²) >= 11 is 0. The lowest BCUT2D eigenvalue weighted by Gasteiger charge is -2.38. The van der Waals surface area contributed by atoms with E-state index in [2.05, 4.69) is 53.0 Å². The largest absolute Gasteiger partial charge is 0.422 e. The van der Waals surface area contributed by atoms with Gasteiger partial charge in [0.25, 0.3) is 0 Å². The molecule has 0 saturated carbocycles. The SMILES string of the molecule is CC(C)[Si](C#CCCC(=O)Nc1c(F)c(F)c(C(F)(F)F)c(F)c1F)(C(C)C)C(C)C. The number of rotatable bonds is 6. The van der Waals surface area contributed by atoms with Crippen LogP contribution >= 0.6 is 0 Å². The van der Waals surface area contributed by atoms with Gasteiger partial charge in [0.2, 0.25) is 5.91 Å². The number of anilines is 1. The molecule has 0 aliphatic rings. The molecule has 0 fully saturated rings. The van der Waals surface area contributed by atoms with Crippen LogP contribution in [0, 0.1) is 34.7 Å². The van der Waals surface area contributed by atoms with Crippen molar-refractivity contribution in [3.8, 4) is 11.5 Å². The van der Waals surface area contributed by atoms with Gasteiger partial charge in [0.05, 0.1) is 0 Å². The number of carbonyl (C=O) groups is 1. The molecule has 2 nitrogen and oxygen atoms in total. The molecular formula is C21H26F7NOSi. The first kappa shape index (κ1) is 27.0. The summed E-state index contributed by atoms with van der Waals surface area (Å²) in [6.07, 6.45) is -5.98. The van der Waals surface area contributed by atoms with Gasteiger partial charge in [-0.05, 0) is 16.6 Å². The summed E-state index contributed by atoms with van der Waals surface area (Å²) in [5.74, 6) is -7.99. The monoisotopic (exact) mass is 469 g/mol. The number of hydrogen-bond acceptors (Lipinski definition) is 1. The average molecular weight is 470 g/mol. The molecule has 174 valence electrons. The molecule has 0 bridgehead atoms. The van der Waals surface area contributed by atoms with Crippen LogP contribution < -0.4 is 5.32 Å². The highest BCUT2D eigenvalue weighted by Crippen LogP contribution is 2.41. The molecule has 0 saturated heterocycles. The van der Waals surface area contributed by atoms with E-state index in [1.807, 2.05) is 0 Å². The van der Waals surface area contributed by atoms with E-state index in [-0.39, 0.29) is 12.8 Å². The van der Waals surface area contributed by atoms with E-state index < -0.39 is 54.7 Å². The van der Waals surface area contributed by atoms with Crippen molar-refractivity contribution in [1.29, 1.82) is 0 Å². The van der Waals surface area contributed by atoms with Crippen LogP contribution in [0.25, 0.3) is 0 Å². The predicted octanol–water partition coefficient (Wildman–Crippen LogP) is 7.20. The molecule has 0 aromatic heterocycles. The van der Waals surface area contributed by atoms with Crippen LogP contribution in [-0.4, -0.2) is 14.0 Å². The van der Waals surface area contributed by atoms with Crippen molar-refractivity contribution < 1.29 is 35.5 Å². The fourth-order valence-electron chi connectivity index (χ4n) is 4.02. The summed E-state index contributed by atoms with van der Waals surface area (Å²) in [5.41, 5.74) is 0.0680. The molecule has 1 aromatic carbocycles. The van der Waals surface area contributed by atoms with Gasteiger partial charge in [-0.25, -0.2) is 17.6 Å². The Kier molecular flexibility index (Phi) is 8.77. The number of carbonyl (C=O) groups excluding carboxylic acids is 1. The number of halogens is 7. The number of nitrogens with one attached hydrogen (secondary N) is 1. The summed E-state index contributed by atoms with van der Waals surface area (Å²) < 4.78 is 92.9. The van der Waals surface area contributed by atoms with Crippen molar-refractivity contribution in [2.45, 2.75) is 77.2 Å². The molecule has 1 N–H and O–H groups in total. The second kappa shape index (κ2) is 10.1. The molecule has 0 aliphatic heterocycles. The summed E-state index contributed by atoms with van der Waals surface area (Å²) in [7, 11) is -2.05. The van der Waals surface area contributed by atoms with Crippen LogP contribution in [0.15, 0.2) is 0 Å². The van der Waals surface area contributed by atoms with Gasteiger partial charge in [-0.2, -0.15) is 13.2 Å². The third-order valence-corrected chi connectivity index (χ3v) is 11.8. The first-order chi connectivity index (χ1) is 14.1. The number of benzene rings is 1. The minimum Gasteiger partial charge on any atom is -0.321 e. The highest BCUT2D eigenvalue weighted by molar-refractivity contribution is 6.90. The first-order valence-corrected chi connectivity index (χ1v) is 12.0. The van der Waals surface area contributed by atoms with Crippen molar-refractivity contribution in [1.82, 2.24) is 0 Å². The smallest absolute Gasteiger partial charge is 0.321 e. The lowest BCUT2D eigenvalue weighted by molar-refractivity contribution is -0.143. The Morgan fingerprint density at radius 1 is 0.871 bits per heavy atom. The van der Waals surface area contributed by atoms with Gasteiger partial charge < -0.3 is 5.32 Å². The highest BCUT2D eigenvalue weighted by atomic mass is 28.3. The molecule has 0 atom stereocenters. The fourth-order valence-corrected chi connectivity index (χ4v) is 9.31. The van der Waals surface area contributed by atoms with Gasteiger partial charge in [-0.1, -0.05) is 41.5 Å². The van der Waals surface area contributed by atoms with Gasteiger partial charge in [-0.15, -0.1) is 11.5 Å². The summed E-state index contributed by atoms with van der Waals surface area (Å²) in [6.45, 7) is 12.5. The van der Waals surface area contributed by atoms with Crippen LogP contribution in [0.2, 0.25) is 16.6 Å². The van der Waals surface area contributed by atoms with Crippen LogP contribution in [-0.2, 0) is 11.0 Å². The molecule has 10 heteroatoms. The lowest BCUT2D eigenvalue weighted by Crippen LogP contribution is -2.43. The summed E-state index contributed by atoms with van der Waals surface area (Å²) in [6, 6.07) is 0. The van der Waals surface area contributed by atoms with E-state index in [1.54, 1.807) is 5.32 Å². The van der Waals surface area contributed by atoms with Crippen LogP contribution in [0.5, 0.6) is 0 Å². The second-order valence-corrected chi connectivity index (χ2v) is 13.8. The number of alkyl halides is 3. The van der Waals surface area contributed by atoms with E-state index in [9.17, 15) is 35.5 Å². The summed E-state index contributed by atoms with van der Waals surface area (Å²) in [5, 5.41) is 1.61. The van der Waals surface area contributed by atoms with E-state index in [4.69, 9.17) is 0 Å². The van der Waals surface area contributed by atoms with Gasteiger partial charge in [0.15, 0.2) is 23.3 Å². The maximum absolute atomic E-state index is 13.9.